The van der Waals surface area contributed by atoms with Crippen molar-refractivity contribution in [1.29, 1.82) is 5.26 Å². The second kappa shape index (κ2) is 4.99. The number of fused-ring (bicyclic) bond motifs is 1. The normalized spacial score (nSPS) is 10.5. The smallest absolute Gasteiger partial charge is 0.331 e. The molecule has 0 aliphatic carbocycles. The molecule has 0 atom stereocenters. The van der Waals surface area contributed by atoms with E-state index in [2.05, 4.69) is 4.74 Å². The van der Waals surface area contributed by atoms with Gasteiger partial charge in [0.15, 0.2) is 6.61 Å². The van der Waals surface area contributed by atoms with Crippen LogP contribution in [0.2, 0.25) is 0 Å². The predicted octanol–water partition coefficient (Wildman–Crippen LogP) is 2.51. The summed E-state index contributed by atoms with van der Waals surface area (Å²) in [5, 5.41) is 9.20. The van der Waals surface area contributed by atoms with E-state index in [-0.39, 0.29) is 6.61 Å². The molecular weight excluding hydrogens is 218 g/mol. The van der Waals surface area contributed by atoms with Gasteiger partial charge in [-0.2, -0.15) is 5.26 Å². The number of rotatable bonds is 3. The van der Waals surface area contributed by atoms with E-state index >= 15 is 0 Å². The molecule has 0 saturated carbocycles. The minimum Gasteiger partial charge on any atom is -0.457 e. The molecule has 0 N–H and O–H groups in total. The number of para-hydroxylation sites is 1. The van der Waals surface area contributed by atoms with Crippen LogP contribution < -0.4 is 0 Å². The van der Waals surface area contributed by atoms with Crippen molar-refractivity contribution < 1.29 is 13.9 Å². The summed E-state index contributed by atoms with van der Waals surface area (Å²) < 4.78 is 10.0. The van der Waals surface area contributed by atoms with E-state index < -0.39 is 5.97 Å². The Morgan fingerprint density at radius 2 is 2.29 bits per heavy atom. The Hall–Kier alpha value is -2.54. The van der Waals surface area contributed by atoms with Crippen LogP contribution in [0.4, 0.5) is 0 Å². The Balaban J connectivity index is 2.11. The lowest BCUT2D eigenvalue weighted by atomic mass is 10.2. The van der Waals surface area contributed by atoms with E-state index in [0.717, 1.165) is 11.0 Å². The first-order valence-corrected chi connectivity index (χ1v) is 5.00. The van der Waals surface area contributed by atoms with Crippen LogP contribution in [0.3, 0.4) is 0 Å². The number of carbonyl (C=O) groups excluding carboxylic acids is 1. The van der Waals surface area contributed by atoms with Gasteiger partial charge in [-0.05, 0) is 18.2 Å². The van der Waals surface area contributed by atoms with E-state index in [4.69, 9.17) is 9.68 Å². The van der Waals surface area contributed by atoms with Gasteiger partial charge < -0.3 is 9.15 Å². The first kappa shape index (κ1) is 11.0. The van der Waals surface area contributed by atoms with Crippen molar-refractivity contribution in [1.82, 2.24) is 0 Å². The van der Waals surface area contributed by atoms with Gasteiger partial charge in [0.05, 0.1) is 0 Å². The van der Waals surface area contributed by atoms with Crippen molar-refractivity contribution in [3.63, 3.8) is 0 Å². The van der Waals surface area contributed by atoms with Gasteiger partial charge >= 0.3 is 5.97 Å². The maximum Gasteiger partial charge on any atom is 0.331 e. The van der Waals surface area contributed by atoms with Crippen molar-refractivity contribution >= 4 is 23.0 Å². The lowest BCUT2D eigenvalue weighted by Gasteiger charge is -1.91. The SMILES string of the molecule is N#CCOC(=O)C=Cc1cc2ccccc2o1. The number of hydrogen-bond donors (Lipinski definition) is 0. The second-order valence-corrected chi connectivity index (χ2v) is 3.29. The molecule has 4 nitrogen and oxygen atoms in total. The molecular formula is C13H9NO3. The van der Waals surface area contributed by atoms with Gasteiger partial charge in [-0.3, -0.25) is 0 Å². The molecule has 2 aromatic rings. The van der Waals surface area contributed by atoms with Crippen LogP contribution in [0.1, 0.15) is 5.76 Å². The number of esters is 1. The van der Waals surface area contributed by atoms with Crippen LogP contribution in [0.5, 0.6) is 0 Å². The predicted molar refractivity (Wildman–Crippen MR) is 61.8 cm³/mol. The largest absolute Gasteiger partial charge is 0.457 e. The minimum absolute atomic E-state index is 0.247. The summed E-state index contributed by atoms with van der Waals surface area (Å²) in [5.41, 5.74) is 0.762. The fourth-order valence-electron chi connectivity index (χ4n) is 1.39. The lowest BCUT2D eigenvalue weighted by Crippen LogP contribution is -1.99. The zero-order valence-corrected chi connectivity index (χ0v) is 8.92. The highest BCUT2D eigenvalue weighted by atomic mass is 16.5. The minimum atomic E-state index is -0.563. The van der Waals surface area contributed by atoms with Gasteiger partial charge in [-0.15, -0.1) is 0 Å². The molecule has 0 radical (unpaired) electrons. The quantitative estimate of drug-likeness (QED) is 0.597. The molecule has 0 aliphatic heterocycles. The monoisotopic (exact) mass is 227 g/mol. The van der Waals surface area contributed by atoms with Crippen molar-refractivity contribution in [2.75, 3.05) is 6.61 Å². The Morgan fingerprint density at radius 3 is 3.06 bits per heavy atom. The molecule has 0 spiro atoms. The van der Waals surface area contributed by atoms with Crippen LogP contribution >= 0.6 is 0 Å². The van der Waals surface area contributed by atoms with Gasteiger partial charge in [-0.25, -0.2) is 4.79 Å². The van der Waals surface area contributed by atoms with Crippen molar-refractivity contribution in [2.24, 2.45) is 0 Å². The van der Waals surface area contributed by atoms with Gasteiger partial charge in [0, 0.05) is 11.5 Å². The average Bonchev–Trinajstić information content (AvgIpc) is 2.76. The van der Waals surface area contributed by atoms with Gasteiger partial charge in [-0.1, -0.05) is 18.2 Å². The summed E-state index contributed by atoms with van der Waals surface area (Å²) in [4.78, 5) is 11.1. The third-order valence-corrected chi connectivity index (χ3v) is 2.11. The van der Waals surface area contributed by atoms with E-state index in [1.807, 2.05) is 30.3 Å². The van der Waals surface area contributed by atoms with Crippen LogP contribution in [-0.2, 0) is 9.53 Å². The highest BCUT2D eigenvalue weighted by Gasteiger charge is 2.01. The van der Waals surface area contributed by atoms with Crippen molar-refractivity contribution in [2.45, 2.75) is 0 Å². The van der Waals surface area contributed by atoms with E-state index in [1.54, 1.807) is 6.07 Å². The number of nitrogens with zero attached hydrogens (tertiary/aromatic N) is 1. The molecule has 4 heteroatoms. The van der Waals surface area contributed by atoms with Crippen LogP contribution in [0.15, 0.2) is 40.8 Å². The van der Waals surface area contributed by atoms with E-state index in [9.17, 15) is 4.79 Å². The first-order chi connectivity index (χ1) is 8.29. The number of benzene rings is 1. The Kier molecular flexibility index (Phi) is 3.22. The zero-order valence-electron chi connectivity index (χ0n) is 8.92. The maximum atomic E-state index is 11.1. The fourth-order valence-corrected chi connectivity index (χ4v) is 1.39. The number of ether oxygens (including phenoxy) is 1. The number of hydrogen-bond acceptors (Lipinski definition) is 4. The van der Waals surface area contributed by atoms with E-state index in [0.29, 0.717) is 5.76 Å². The van der Waals surface area contributed by atoms with Crippen molar-refractivity contribution in [3.8, 4) is 6.07 Å². The summed E-state index contributed by atoms with van der Waals surface area (Å²) in [6, 6.07) is 11.1. The van der Waals surface area contributed by atoms with Crippen LogP contribution in [0, 0.1) is 11.3 Å². The zero-order chi connectivity index (χ0) is 12.1. The summed E-state index contributed by atoms with van der Waals surface area (Å²) >= 11 is 0. The van der Waals surface area contributed by atoms with Gasteiger partial charge in [0.25, 0.3) is 0 Å². The van der Waals surface area contributed by atoms with Crippen LogP contribution in [-0.4, -0.2) is 12.6 Å². The molecule has 84 valence electrons. The molecule has 2 rings (SSSR count). The Morgan fingerprint density at radius 1 is 1.47 bits per heavy atom. The molecule has 0 unspecified atom stereocenters. The topological polar surface area (TPSA) is 63.2 Å². The molecule has 0 saturated heterocycles. The molecule has 1 heterocycles. The molecule has 0 amide bonds. The first-order valence-electron chi connectivity index (χ1n) is 5.00. The molecule has 1 aromatic carbocycles. The van der Waals surface area contributed by atoms with Gasteiger partial charge in [0.1, 0.15) is 17.4 Å². The fraction of sp³-hybridized carbons (Fsp3) is 0.0769. The second-order valence-electron chi connectivity index (χ2n) is 3.29. The summed E-state index contributed by atoms with van der Waals surface area (Å²) in [5.74, 6) is 0.00659. The third kappa shape index (κ3) is 2.73. The van der Waals surface area contributed by atoms with E-state index in [1.165, 1.54) is 12.2 Å². The van der Waals surface area contributed by atoms with Crippen molar-refractivity contribution in [3.05, 3.63) is 42.2 Å². The maximum absolute atomic E-state index is 11.1. The number of nitriles is 1. The summed E-state index contributed by atoms with van der Waals surface area (Å²) in [6.07, 6.45) is 2.74. The standard InChI is InChI=1S/C13H9NO3/c14-7-8-16-13(15)6-5-11-9-10-3-1-2-4-12(10)17-11/h1-6,9H,8H2. The lowest BCUT2D eigenvalue weighted by molar-refractivity contribution is -0.136. The Bertz CT molecular complexity index is 571. The number of furan rings is 1. The third-order valence-electron chi connectivity index (χ3n) is 2.11. The number of carbonyl (C=O) groups is 1. The van der Waals surface area contributed by atoms with Crippen LogP contribution in [0.25, 0.3) is 17.0 Å². The summed E-state index contributed by atoms with van der Waals surface area (Å²) in [7, 11) is 0. The molecule has 1 aromatic heterocycles. The molecule has 17 heavy (non-hydrogen) atoms. The highest BCUT2D eigenvalue weighted by molar-refractivity contribution is 5.88. The Labute approximate surface area is 97.7 Å². The molecule has 0 aliphatic rings. The van der Waals surface area contributed by atoms with Gasteiger partial charge in [0.2, 0.25) is 0 Å². The molecule has 0 fully saturated rings. The highest BCUT2D eigenvalue weighted by Crippen LogP contribution is 2.19. The molecule has 0 bridgehead atoms. The summed E-state index contributed by atoms with van der Waals surface area (Å²) in [6.45, 7) is -0.247. The average molecular weight is 227 g/mol.